The molecule has 1 N–H and O–H groups in total. The van der Waals surface area contributed by atoms with Gasteiger partial charge >= 0.3 is 0 Å². The molecule has 2 rings (SSSR count). The van der Waals surface area contributed by atoms with Crippen LogP contribution in [-0.4, -0.2) is 22.3 Å². The zero-order valence-corrected chi connectivity index (χ0v) is 7.96. The zero-order chi connectivity index (χ0) is 7.35. The van der Waals surface area contributed by atoms with E-state index in [-0.39, 0.29) is 6.04 Å². The lowest BCUT2D eigenvalue weighted by Crippen LogP contribution is -2.32. The maximum absolute atomic E-state index is 10.5. The van der Waals surface area contributed by atoms with Crippen LogP contribution in [-0.2, 0) is 4.79 Å². The number of hydrogen-bond acceptors (Lipinski definition) is 2. The Kier molecular flexibility index (Phi) is 1.36. The van der Waals surface area contributed by atoms with Crippen molar-refractivity contribution in [1.82, 2.24) is 5.32 Å². The molecule has 0 spiro atoms. The van der Waals surface area contributed by atoms with Crippen molar-refractivity contribution in [3.63, 3.8) is 0 Å². The van der Waals surface area contributed by atoms with Crippen molar-refractivity contribution >= 4 is 28.9 Å². The van der Waals surface area contributed by atoms with Gasteiger partial charge in [0.15, 0.2) is 0 Å². The fraction of sp³-hybridized carbons (Fsp3) is 0.857. The molecule has 3 heteroatoms. The molecule has 1 saturated heterocycles. The van der Waals surface area contributed by atoms with Gasteiger partial charge in [0.1, 0.15) is 6.29 Å². The van der Waals surface area contributed by atoms with Crippen LogP contribution in [0.4, 0.5) is 0 Å². The van der Waals surface area contributed by atoms with Crippen LogP contribution in [0.25, 0.3) is 0 Å². The Balaban J connectivity index is 2.13. The summed E-state index contributed by atoms with van der Waals surface area (Å²) in [5.74, 6) is 1.37. The van der Waals surface area contributed by atoms with Crippen molar-refractivity contribution in [3.05, 3.63) is 0 Å². The lowest BCUT2D eigenvalue weighted by atomic mass is 10.2. The minimum Gasteiger partial charge on any atom is -0.307 e. The molecule has 2 fully saturated rings. The monoisotopic (exact) mass is 251 g/mol. The molecule has 0 amide bonds. The van der Waals surface area contributed by atoms with Gasteiger partial charge in [-0.25, -0.2) is 0 Å². The van der Waals surface area contributed by atoms with Crippen LogP contribution in [0.3, 0.4) is 0 Å². The topological polar surface area (TPSA) is 29.1 Å². The lowest BCUT2D eigenvalue weighted by molar-refractivity contribution is -0.109. The number of nitrogens with one attached hydrogen (secondary N) is 1. The molecule has 0 bridgehead atoms. The zero-order valence-electron chi connectivity index (χ0n) is 5.80. The van der Waals surface area contributed by atoms with Crippen LogP contribution in [0, 0.1) is 11.8 Å². The predicted molar refractivity (Wildman–Crippen MR) is 47.3 cm³/mol. The van der Waals surface area contributed by atoms with Crippen molar-refractivity contribution in [1.29, 1.82) is 0 Å². The third kappa shape index (κ3) is 0.704. The van der Waals surface area contributed by atoms with Crippen LogP contribution in [0.15, 0.2) is 0 Å². The summed E-state index contributed by atoms with van der Waals surface area (Å²) in [4.78, 5) is 10.5. The van der Waals surface area contributed by atoms with Gasteiger partial charge in [-0.1, -0.05) is 22.6 Å². The van der Waals surface area contributed by atoms with E-state index in [9.17, 15) is 4.79 Å². The molecule has 0 aromatic carbocycles. The normalized spacial score (nSPS) is 58.0. The average molecular weight is 251 g/mol. The highest BCUT2D eigenvalue weighted by Crippen LogP contribution is 2.60. The molecule has 1 heterocycles. The average Bonchev–Trinajstić information content (AvgIpc) is 2.28. The number of carbonyl (C=O) groups is 1. The maximum Gasteiger partial charge on any atom is 0.137 e. The molecule has 10 heavy (non-hydrogen) atoms. The summed E-state index contributed by atoms with van der Waals surface area (Å²) < 4.78 is 0.411. The van der Waals surface area contributed by atoms with Gasteiger partial charge in [0.05, 0.1) is 6.04 Å². The van der Waals surface area contributed by atoms with Gasteiger partial charge in [-0.15, -0.1) is 0 Å². The summed E-state index contributed by atoms with van der Waals surface area (Å²) in [6.45, 7) is 3.27. The predicted octanol–water partition coefficient (Wildman–Crippen LogP) is 0.597. The van der Waals surface area contributed by atoms with Gasteiger partial charge in [0.25, 0.3) is 0 Å². The van der Waals surface area contributed by atoms with Gasteiger partial charge < -0.3 is 10.1 Å². The standard InChI is InChI=1S/C7H10INO/c1-7(8)4-2-9-5(3-10)6(4)7/h3-6,9H,2H2,1H3/t4-,5+,6-,7?/m0/s1. The van der Waals surface area contributed by atoms with Crippen molar-refractivity contribution in [2.75, 3.05) is 6.54 Å². The molecular formula is C7H10INO. The Labute approximate surface area is 73.9 Å². The van der Waals surface area contributed by atoms with E-state index in [4.69, 9.17) is 0 Å². The smallest absolute Gasteiger partial charge is 0.137 e. The Hall–Kier alpha value is 0.360. The van der Waals surface area contributed by atoms with Crippen LogP contribution in [0.2, 0.25) is 0 Å². The van der Waals surface area contributed by atoms with E-state index in [1.54, 1.807) is 0 Å². The number of alkyl halides is 1. The molecule has 1 saturated carbocycles. The van der Waals surface area contributed by atoms with E-state index < -0.39 is 0 Å². The molecule has 2 aliphatic rings. The van der Waals surface area contributed by atoms with E-state index in [0.717, 1.165) is 18.7 Å². The first kappa shape index (κ1) is 7.03. The third-order valence-corrected chi connectivity index (χ3v) is 4.33. The van der Waals surface area contributed by atoms with Gasteiger partial charge in [-0.3, -0.25) is 0 Å². The fourth-order valence-corrected chi connectivity index (χ4v) is 3.30. The summed E-state index contributed by atoms with van der Waals surface area (Å²) in [5, 5.41) is 3.19. The maximum atomic E-state index is 10.5. The number of fused-ring (bicyclic) bond motifs is 1. The Bertz CT molecular complexity index is 180. The summed E-state index contributed by atoms with van der Waals surface area (Å²) in [5.41, 5.74) is 0. The van der Waals surface area contributed by atoms with Gasteiger partial charge in [0.2, 0.25) is 0 Å². The number of piperidine rings is 1. The highest BCUT2D eigenvalue weighted by atomic mass is 127. The first-order valence-corrected chi connectivity index (χ1v) is 4.63. The highest BCUT2D eigenvalue weighted by molar-refractivity contribution is 14.1. The summed E-state index contributed by atoms with van der Waals surface area (Å²) in [7, 11) is 0. The Morgan fingerprint density at radius 3 is 2.80 bits per heavy atom. The van der Waals surface area contributed by atoms with E-state index in [0.29, 0.717) is 9.34 Å². The second kappa shape index (κ2) is 1.94. The molecule has 1 aliphatic carbocycles. The quantitative estimate of drug-likeness (QED) is 0.420. The van der Waals surface area contributed by atoms with Gasteiger partial charge in [-0.05, 0) is 12.8 Å². The van der Waals surface area contributed by atoms with E-state index in [1.165, 1.54) is 0 Å². The van der Waals surface area contributed by atoms with Crippen molar-refractivity contribution in [3.8, 4) is 0 Å². The fourth-order valence-electron chi connectivity index (χ4n) is 2.05. The second-order valence-electron chi connectivity index (χ2n) is 3.35. The first-order chi connectivity index (χ1) is 4.68. The molecule has 56 valence electrons. The number of carbonyl (C=O) groups excluding carboxylic acids is 1. The second-order valence-corrected chi connectivity index (χ2v) is 5.68. The van der Waals surface area contributed by atoms with Crippen LogP contribution < -0.4 is 5.32 Å². The number of rotatable bonds is 1. The van der Waals surface area contributed by atoms with E-state index in [2.05, 4.69) is 34.8 Å². The summed E-state index contributed by atoms with van der Waals surface area (Å²) in [6.07, 6.45) is 1.05. The lowest BCUT2D eigenvalue weighted by Gasteiger charge is -2.11. The third-order valence-electron chi connectivity index (χ3n) is 2.81. The first-order valence-electron chi connectivity index (χ1n) is 3.55. The SMILES string of the molecule is CC1(I)[C@@H]2[C@@H](C=O)NC[C@@H]21. The summed E-state index contributed by atoms with van der Waals surface area (Å²) >= 11 is 2.47. The number of hydrogen-bond donors (Lipinski definition) is 1. The largest absolute Gasteiger partial charge is 0.307 e. The Morgan fingerprint density at radius 1 is 1.80 bits per heavy atom. The van der Waals surface area contributed by atoms with Crippen LogP contribution >= 0.6 is 22.6 Å². The van der Waals surface area contributed by atoms with E-state index >= 15 is 0 Å². The number of aldehydes is 1. The van der Waals surface area contributed by atoms with Crippen molar-refractivity contribution in [2.45, 2.75) is 16.4 Å². The van der Waals surface area contributed by atoms with Crippen LogP contribution in [0.1, 0.15) is 6.92 Å². The Morgan fingerprint density at radius 2 is 2.50 bits per heavy atom. The molecule has 1 aliphatic heterocycles. The molecule has 0 radical (unpaired) electrons. The molecule has 1 unspecified atom stereocenters. The van der Waals surface area contributed by atoms with Crippen LogP contribution in [0.5, 0.6) is 0 Å². The van der Waals surface area contributed by atoms with Crippen molar-refractivity contribution in [2.24, 2.45) is 11.8 Å². The van der Waals surface area contributed by atoms with Gasteiger partial charge in [0, 0.05) is 15.9 Å². The molecule has 0 aromatic heterocycles. The number of halogens is 1. The minimum absolute atomic E-state index is 0.145. The molecule has 2 nitrogen and oxygen atoms in total. The van der Waals surface area contributed by atoms with E-state index in [1.807, 2.05) is 0 Å². The minimum atomic E-state index is 0.145. The molecule has 0 aromatic rings. The highest BCUT2D eigenvalue weighted by Gasteiger charge is 2.65. The van der Waals surface area contributed by atoms with Crippen molar-refractivity contribution < 1.29 is 4.79 Å². The molecular weight excluding hydrogens is 241 g/mol. The summed E-state index contributed by atoms with van der Waals surface area (Å²) in [6, 6.07) is 0.145. The molecule has 4 atom stereocenters. The van der Waals surface area contributed by atoms with Gasteiger partial charge in [-0.2, -0.15) is 0 Å².